The van der Waals surface area contributed by atoms with Crippen LogP contribution in [-0.2, 0) is 26.2 Å². The van der Waals surface area contributed by atoms with E-state index in [2.05, 4.69) is 5.32 Å². The molecule has 0 aromatic heterocycles. The van der Waals surface area contributed by atoms with E-state index >= 15 is 0 Å². The van der Waals surface area contributed by atoms with Gasteiger partial charge < -0.3 is 15.0 Å². The zero-order chi connectivity index (χ0) is 30.2. The molecule has 0 bridgehead atoms. The number of ether oxygens (including phenoxy) is 1. The maximum absolute atomic E-state index is 14.6. The van der Waals surface area contributed by atoms with Crippen molar-refractivity contribution in [3.63, 3.8) is 0 Å². The van der Waals surface area contributed by atoms with Crippen LogP contribution in [0.25, 0.3) is 0 Å². The largest absolute Gasteiger partial charge is 0.494 e. The summed E-state index contributed by atoms with van der Waals surface area (Å²) in [7, 11) is -4.20. The highest BCUT2D eigenvalue weighted by atomic mass is 32.2. The summed E-state index contributed by atoms with van der Waals surface area (Å²) in [5, 5.41) is 2.81. The number of carbonyl (C=O) groups excluding carboxylic acids is 2. The number of rotatable bonds is 13. The average Bonchev–Trinajstić information content (AvgIpc) is 2.94. The number of sulfonamides is 1. The maximum Gasteiger partial charge on any atom is 0.264 e. The summed E-state index contributed by atoms with van der Waals surface area (Å²) in [6, 6.07) is 17.7. The number of nitrogens with zero attached hydrogens (tertiary/aromatic N) is 2. The Labute approximate surface area is 242 Å². The van der Waals surface area contributed by atoms with E-state index in [0.29, 0.717) is 18.9 Å². The number of carbonyl (C=O) groups is 2. The van der Waals surface area contributed by atoms with Crippen LogP contribution in [0.1, 0.15) is 38.8 Å². The first-order valence-electron chi connectivity index (χ1n) is 13.6. The van der Waals surface area contributed by atoms with Gasteiger partial charge in [-0.3, -0.25) is 13.9 Å². The van der Waals surface area contributed by atoms with Gasteiger partial charge in [-0.15, -0.1) is 0 Å². The molecule has 1 unspecified atom stereocenters. The molecule has 0 aliphatic carbocycles. The summed E-state index contributed by atoms with van der Waals surface area (Å²) in [6.45, 7) is 9.11. The number of benzene rings is 3. The molecule has 1 atom stereocenters. The lowest BCUT2D eigenvalue weighted by molar-refractivity contribution is -0.139. The second kappa shape index (κ2) is 14.1. The molecule has 0 radical (unpaired) electrons. The van der Waals surface area contributed by atoms with Crippen molar-refractivity contribution >= 4 is 27.5 Å². The number of nitrogens with one attached hydrogen (secondary N) is 1. The lowest BCUT2D eigenvalue weighted by atomic mass is 10.1. The minimum Gasteiger partial charge on any atom is -0.494 e. The molecule has 41 heavy (non-hydrogen) atoms. The van der Waals surface area contributed by atoms with Crippen molar-refractivity contribution in [2.45, 2.75) is 52.1 Å². The van der Waals surface area contributed by atoms with Crippen LogP contribution in [0, 0.1) is 18.7 Å². The Balaban J connectivity index is 2.03. The van der Waals surface area contributed by atoms with E-state index in [1.54, 1.807) is 49.4 Å². The molecule has 0 fully saturated rings. The fraction of sp³-hybridized carbons (Fsp3) is 0.355. The molecule has 0 spiro atoms. The number of hydrogen-bond donors (Lipinski definition) is 1. The van der Waals surface area contributed by atoms with Gasteiger partial charge in [0.25, 0.3) is 10.0 Å². The Morgan fingerprint density at radius 1 is 0.951 bits per heavy atom. The van der Waals surface area contributed by atoms with E-state index < -0.39 is 40.2 Å². The summed E-state index contributed by atoms with van der Waals surface area (Å²) in [6.07, 6.45) is 0. The van der Waals surface area contributed by atoms with Crippen molar-refractivity contribution in [2.75, 3.05) is 24.0 Å². The third kappa shape index (κ3) is 8.29. The van der Waals surface area contributed by atoms with E-state index in [1.165, 1.54) is 35.2 Å². The van der Waals surface area contributed by atoms with Crippen molar-refractivity contribution in [1.82, 2.24) is 10.2 Å². The predicted molar refractivity (Wildman–Crippen MR) is 158 cm³/mol. The lowest BCUT2D eigenvalue weighted by Gasteiger charge is -2.32. The molecule has 0 saturated carbocycles. The molecule has 2 amide bonds. The fourth-order valence-electron chi connectivity index (χ4n) is 4.09. The number of amides is 2. The van der Waals surface area contributed by atoms with Gasteiger partial charge in [0.2, 0.25) is 11.8 Å². The van der Waals surface area contributed by atoms with E-state index in [1.807, 2.05) is 27.7 Å². The highest BCUT2D eigenvalue weighted by Crippen LogP contribution is 2.27. The molecule has 0 aliphatic heterocycles. The third-order valence-electron chi connectivity index (χ3n) is 6.47. The Morgan fingerprint density at radius 3 is 2.17 bits per heavy atom. The molecular weight excluding hydrogens is 545 g/mol. The average molecular weight is 584 g/mol. The van der Waals surface area contributed by atoms with Crippen LogP contribution in [0.3, 0.4) is 0 Å². The van der Waals surface area contributed by atoms with Gasteiger partial charge in [-0.1, -0.05) is 49.7 Å². The van der Waals surface area contributed by atoms with Gasteiger partial charge in [-0.05, 0) is 69.2 Å². The summed E-state index contributed by atoms with van der Waals surface area (Å²) in [5.74, 6) is -0.887. The number of hydrogen-bond acceptors (Lipinski definition) is 5. The van der Waals surface area contributed by atoms with Crippen LogP contribution < -0.4 is 14.4 Å². The van der Waals surface area contributed by atoms with Crippen LogP contribution in [0.4, 0.5) is 10.1 Å². The van der Waals surface area contributed by atoms with E-state index in [9.17, 15) is 22.4 Å². The van der Waals surface area contributed by atoms with Crippen molar-refractivity contribution in [3.05, 3.63) is 89.7 Å². The number of halogens is 1. The molecule has 3 aromatic carbocycles. The highest BCUT2D eigenvalue weighted by Gasteiger charge is 2.33. The smallest absolute Gasteiger partial charge is 0.264 e. The van der Waals surface area contributed by atoms with Crippen LogP contribution in [0.15, 0.2) is 77.7 Å². The van der Waals surface area contributed by atoms with E-state index in [0.717, 1.165) is 9.87 Å². The summed E-state index contributed by atoms with van der Waals surface area (Å²) < 4.78 is 48.9. The minimum absolute atomic E-state index is 0.00756. The normalized spacial score (nSPS) is 12.1. The minimum atomic E-state index is -4.20. The summed E-state index contributed by atoms with van der Waals surface area (Å²) >= 11 is 0. The second-order valence-corrected chi connectivity index (χ2v) is 12.0. The van der Waals surface area contributed by atoms with Gasteiger partial charge in [0.15, 0.2) is 0 Å². The third-order valence-corrected chi connectivity index (χ3v) is 8.26. The number of aryl methyl sites for hydroxylation is 1. The lowest BCUT2D eigenvalue weighted by Crippen LogP contribution is -2.51. The quantitative estimate of drug-likeness (QED) is 0.308. The molecule has 1 N–H and O–H groups in total. The number of anilines is 1. The molecule has 3 aromatic rings. The first-order valence-corrected chi connectivity index (χ1v) is 15.0. The molecule has 220 valence electrons. The SMILES string of the molecule is CCOc1ccc(N(CC(=O)N(Cc2ccccc2F)C(C)C(=O)NCC(C)C)S(=O)(=O)c2ccc(C)cc2)cc1. The van der Waals surface area contributed by atoms with Crippen LogP contribution >= 0.6 is 0 Å². The van der Waals surface area contributed by atoms with E-state index in [4.69, 9.17) is 4.74 Å². The van der Waals surface area contributed by atoms with Crippen LogP contribution in [0.5, 0.6) is 5.75 Å². The zero-order valence-electron chi connectivity index (χ0n) is 24.1. The fourth-order valence-corrected chi connectivity index (χ4v) is 5.50. The van der Waals surface area contributed by atoms with Crippen LogP contribution in [0.2, 0.25) is 0 Å². The molecule has 0 heterocycles. The maximum atomic E-state index is 14.6. The zero-order valence-corrected chi connectivity index (χ0v) is 24.9. The van der Waals surface area contributed by atoms with Gasteiger partial charge in [0, 0.05) is 18.7 Å². The molecule has 3 rings (SSSR count). The van der Waals surface area contributed by atoms with Gasteiger partial charge in [-0.25, -0.2) is 12.8 Å². The van der Waals surface area contributed by atoms with Gasteiger partial charge in [0.05, 0.1) is 17.2 Å². The monoisotopic (exact) mass is 583 g/mol. The van der Waals surface area contributed by atoms with Gasteiger partial charge in [0.1, 0.15) is 24.2 Å². The van der Waals surface area contributed by atoms with Crippen molar-refractivity contribution in [1.29, 1.82) is 0 Å². The topological polar surface area (TPSA) is 96.0 Å². The van der Waals surface area contributed by atoms with Crippen molar-refractivity contribution < 1.29 is 27.1 Å². The predicted octanol–water partition coefficient (Wildman–Crippen LogP) is 4.92. The van der Waals surface area contributed by atoms with Gasteiger partial charge in [-0.2, -0.15) is 0 Å². The molecule has 0 saturated heterocycles. The van der Waals surface area contributed by atoms with E-state index in [-0.39, 0.29) is 28.6 Å². The summed E-state index contributed by atoms with van der Waals surface area (Å²) in [4.78, 5) is 28.2. The first kappa shape index (κ1) is 31.6. The summed E-state index contributed by atoms with van der Waals surface area (Å²) in [5.41, 5.74) is 1.33. The molecule has 0 aliphatic rings. The van der Waals surface area contributed by atoms with Crippen LogP contribution in [-0.4, -0.2) is 50.9 Å². The Morgan fingerprint density at radius 2 is 1.59 bits per heavy atom. The van der Waals surface area contributed by atoms with Crippen molar-refractivity contribution in [2.24, 2.45) is 5.92 Å². The molecular formula is C31H38FN3O5S. The van der Waals surface area contributed by atoms with Gasteiger partial charge >= 0.3 is 0 Å². The Hall–Kier alpha value is -3.92. The molecule has 8 nitrogen and oxygen atoms in total. The highest BCUT2D eigenvalue weighted by molar-refractivity contribution is 7.92. The molecule has 10 heteroatoms. The van der Waals surface area contributed by atoms with Crippen molar-refractivity contribution in [3.8, 4) is 5.75 Å². The Bertz CT molecular complexity index is 1430. The Kier molecular flexibility index (Phi) is 10.9. The first-order chi connectivity index (χ1) is 19.4. The second-order valence-electron chi connectivity index (χ2n) is 10.2. The standard InChI is InChI=1S/C31H38FN3O5S/c1-6-40-27-15-13-26(14-16-27)35(41(38,39)28-17-11-23(4)12-18-28)21-30(36)34(20-25-9-7-8-10-29(25)32)24(5)31(37)33-19-22(2)3/h7-18,22,24H,6,19-21H2,1-5H3,(H,33,37).